The lowest BCUT2D eigenvalue weighted by Crippen LogP contribution is -2.43. The summed E-state index contributed by atoms with van der Waals surface area (Å²) in [6, 6.07) is -0.197. The highest BCUT2D eigenvalue weighted by atomic mass is 32.2. The smallest absolute Gasteiger partial charge is 0.332 e. The summed E-state index contributed by atoms with van der Waals surface area (Å²) in [6.45, 7) is 0.176. The molecule has 1 heterocycles. The Bertz CT molecular complexity index is 243. The molecule has 6 nitrogen and oxygen atoms in total. The molecule has 1 saturated heterocycles. The third-order valence-corrected chi connectivity index (χ3v) is 2.97. The maximum Gasteiger partial charge on any atom is 0.332 e. The number of thioether (sulfide) groups is 1. The van der Waals surface area contributed by atoms with Gasteiger partial charge in [0, 0.05) is 24.6 Å². The van der Waals surface area contributed by atoms with Gasteiger partial charge in [-0.2, -0.15) is 0 Å². The number of carbonyl (C=O) groups excluding carboxylic acids is 1. The summed E-state index contributed by atoms with van der Waals surface area (Å²) in [5.74, 6) is 0.0831. The zero-order chi connectivity index (χ0) is 11.3. The Labute approximate surface area is 91.4 Å². The first-order valence-corrected chi connectivity index (χ1v) is 5.76. The monoisotopic (exact) mass is 234 g/mol. The molecule has 0 spiro atoms. The van der Waals surface area contributed by atoms with E-state index in [0.29, 0.717) is 0 Å². The Hall–Kier alpha value is -0.790. The van der Waals surface area contributed by atoms with Gasteiger partial charge in [-0.3, -0.25) is 10.1 Å². The summed E-state index contributed by atoms with van der Waals surface area (Å²) in [5.41, 5.74) is 0. The van der Waals surface area contributed by atoms with Gasteiger partial charge in [-0.25, -0.2) is 4.79 Å². The fraction of sp³-hybridized carbons (Fsp3) is 0.750. The van der Waals surface area contributed by atoms with Crippen LogP contribution >= 0.6 is 11.8 Å². The molecule has 0 aliphatic carbocycles. The largest absolute Gasteiger partial charge is 0.479 e. The third-order valence-electron chi connectivity index (χ3n) is 2.03. The molecular formula is C8H14N2O4S. The van der Waals surface area contributed by atoms with Crippen LogP contribution in [0, 0.1) is 0 Å². The van der Waals surface area contributed by atoms with E-state index in [2.05, 4.69) is 10.6 Å². The summed E-state index contributed by atoms with van der Waals surface area (Å²) in [6.07, 6.45) is -1.38. The molecule has 1 aliphatic rings. The van der Waals surface area contributed by atoms with Gasteiger partial charge in [0.05, 0.1) is 6.04 Å². The van der Waals surface area contributed by atoms with Crippen LogP contribution in [0.1, 0.15) is 6.42 Å². The quantitative estimate of drug-likeness (QED) is 0.467. The van der Waals surface area contributed by atoms with Crippen molar-refractivity contribution in [2.75, 3.05) is 18.2 Å². The number of rotatable bonds is 5. The standard InChI is InChI=1S/C8H14N2O4S/c11-6(8(13)14)1-2-9-7(12)5-3-15-4-10-5/h5-6,10-11H,1-4H2,(H,9,12)(H,13,14). The lowest BCUT2D eigenvalue weighted by molar-refractivity contribution is -0.147. The molecule has 4 N–H and O–H groups in total. The SMILES string of the molecule is O=C(O)C(O)CCNC(=O)C1CSCN1. The van der Waals surface area contributed by atoms with Gasteiger partial charge in [0.2, 0.25) is 5.91 Å². The van der Waals surface area contributed by atoms with E-state index >= 15 is 0 Å². The first-order valence-electron chi connectivity index (χ1n) is 4.61. The second-order valence-corrected chi connectivity index (χ2v) is 4.24. The summed E-state index contributed by atoms with van der Waals surface area (Å²) in [7, 11) is 0. The van der Waals surface area contributed by atoms with E-state index in [-0.39, 0.29) is 24.9 Å². The maximum absolute atomic E-state index is 11.4. The second-order valence-electron chi connectivity index (χ2n) is 3.21. The molecule has 0 saturated carbocycles. The topological polar surface area (TPSA) is 98.7 Å². The average Bonchev–Trinajstić information content (AvgIpc) is 2.70. The molecule has 1 rings (SSSR count). The number of aliphatic carboxylic acids is 1. The van der Waals surface area contributed by atoms with Crippen LogP contribution in [0.4, 0.5) is 0 Å². The Balaban J connectivity index is 2.14. The summed E-state index contributed by atoms with van der Waals surface area (Å²) in [4.78, 5) is 21.6. The minimum atomic E-state index is -1.41. The van der Waals surface area contributed by atoms with Crippen molar-refractivity contribution in [1.29, 1.82) is 0 Å². The number of hydrogen-bond donors (Lipinski definition) is 4. The minimum absolute atomic E-state index is 0.0287. The highest BCUT2D eigenvalue weighted by Crippen LogP contribution is 2.09. The van der Waals surface area contributed by atoms with E-state index < -0.39 is 12.1 Å². The molecule has 1 fully saturated rings. The van der Waals surface area contributed by atoms with Crippen molar-refractivity contribution >= 4 is 23.6 Å². The van der Waals surface area contributed by atoms with Crippen LogP contribution in [0.3, 0.4) is 0 Å². The number of aliphatic hydroxyl groups excluding tert-OH is 1. The molecular weight excluding hydrogens is 220 g/mol. The number of carboxylic acid groups (broad SMARTS) is 1. The molecule has 0 radical (unpaired) electrons. The first-order chi connectivity index (χ1) is 7.11. The van der Waals surface area contributed by atoms with Gasteiger partial charge in [0.25, 0.3) is 0 Å². The molecule has 2 unspecified atom stereocenters. The van der Waals surface area contributed by atoms with Crippen molar-refractivity contribution in [3.05, 3.63) is 0 Å². The van der Waals surface area contributed by atoms with E-state index in [9.17, 15) is 9.59 Å². The van der Waals surface area contributed by atoms with Crippen LogP contribution in [0.15, 0.2) is 0 Å². The molecule has 1 aliphatic heterocycles. The highest BCUT2D eigenvalue weighted by molar-refractivity contribution is 7.99. The van der Waals surface area contributed by atoms with Crippen LogP contribution in [0.5, 0.6) is 0 Å². The fourth-order valence-electron chi connectivity index (χ4n) is 1.14. The zero-order valence-corrected chi connectivity index (χ0v) is 8.92. The maximum atomic E-state index is 11.4. The molecule has 1 amide bonds. The Morgan fingerprint density at radius 1 is 1.60 bits per heavy atom. The number of carboxylic acids is 1. The van der Waals surface area contributed by atoms with Gasteiger partial charge in [-0.05, 0) is 0 Å². The molecule has 15 heavy (non-hydrogen) atoms. The Morgan fingerprint density at radius 2 is 2.33 bits per heavy atom. The number of carbonyl (C=O) groups is 2. The average molecular weight is 234 g/mol. The predicted molar refractivity (Wildman–Crippen MR) is 55.5 cm³/mol. The van der Waals surface area contributed by atoms with Gasteiger partial charge in [-0.15, -0.1) is 11.8 Å². The highest BCUT2D eigenvalue weighted by Gasteiger charge is 2.22. The lowest BCUT2D eigenvalue weighted by atomic mass is 10.2. The van der Waals surface area contributed by atoms with Crippen molar-refractivity contribution in [1.82, 2.24) is 10.6 Å². The Morgan fingerprint density at radius 3 is 2.87 bits per heavy atom. The first kappa shape index (κ1) is 12.3. The molecule has 0 aromatic carbocycles. The van der Waals surface area contributed by atoms with Gasteiger partial charge in [0.15, 0.2) is 6.10 Å². The van der Waals surface area contributed by atoms with Crippen LogP contribution in [0.25, 0.3) is 0 Å². The molecule has 86 valence electrons. The summed E-state index contributed by atoms with van der Waals surface area (Å²) >= 11 is 1.64. The molecule has 0 bridgehead atoms. The van der Waals surface area contributed by atoms with Crippen molar-refractivity contribution in [2.24, 2.45) is 0 Å². The zero-order valence-electron chi connectivity index (χ0n) is 8.10. The Kier molecular flexibility index (Phi) is 4.86. The summed E-state index contributed by atoms with van der Waals surface area (Å²) in [5, 5.41) is 22.9. The van der Waals surface area contributed by atoms with Gasteiger partial charge < -0.3 is 15.5 Å². The minimum Gasteiger partial charge on any atom is -0.479 e. The van der Waals surface area contributed by atoms with Crippen LogP contribution in [-0.4, -0.2) is 52.4 Å². The van der Waals surface area contributed by atoms with E-state index in [1.54, 1.807) is 11.8 Å². The van der Waals surface area contributed by atoms with Gasteiger partial charge in [0.1, 0.15) is 0 Å². The normalized spacial score (nSPS) is 22.3. The van der Waals surface area contributed by atoms with Crippen LogP contribution < -0.4 is 10.6 Å². The number of nitrogens with one attached hydrogen (secondary N) is 2. The van der Waals surface area contributed by atoms with Gasteiger partial charge >= 0.3 is 5.97 Å². The van der Waals surface area contributed by atoms with Crippen molar-refractivity contribution in [2.45, 2.75) is 18.6 Å². The number of aliphatic hydroxyl groups is 1. The van der Waals surface area contributed by atoms with E-state index in [0.717, 1.165) is 11.6 Å². The van der Waals surface area contributed by atoms with Gasteiger partial charge in [-0.1, -0.05) is 0 Å². The fourth-order valence-corrected chi connectivity index (χ4v) is 2.08. The molecule has 2 atom stereocenters. The molecule has 7 heteroatoms. The molecule has 0 aromatic rings. The second kappa shape index (κ2) is 5.94. The van der Waals surface area contributed by atoms with Crippen molar-refractivity contribution in [3.8, 4) is 0 Å². The summed E-state index contributed by atoms with van der Waals surface area (Å²) < 4.78 is 0. The van der Waals surface area contributed by atoms with Crippen LogP contribution in [0.2, 0.25) is 0 Å². The lowest BCUT2D eigenvalue weighted by Gasteiger charge is -2.11. The van der Waals surface area contributed by atoms with E-state index in [4.69, 9.17) is 10.2 Å². The van der Waals surface area contributed by atoms with Crippen LogP contribution in [-0.2, 0) is 9.59 Å². The number of hydrogen-bond acceptors (Lipinski definition) is 5. The molecule has 0 aromatic heterocycles. The van der Waals surface area contributed by atoms with Crippen molar-refractivity contribution in [3.63, 3.8) is 0 Å². The van der Waals surface area contributed by atoms with Crippen molar-refractivity contribution < 1.29 is 19.8 Å². The van der Waals surface area contributed by atoms with E-state index in [1.807, 2.05) is 0 Å². The number of amides is 1. The third kappa shape index (κ3) is 4.06. The van der Waals surface area contributed by atoms with E-state index in [1.165, 1.54) is 0 Å². The predicted octanol–water partition coefficient (Wildman–Crippen LogP) is -1.40.